The van der Waals surface area contributed by atoms with Gasteiger partial charge in [-0.1, -0.05) is 23.7 Å². The van der Waals surface area contributed by atoms with E-state index in [1.807, 2.05) is 18.2 Å². The molecule has 0 aliphatic rings. The van der Waals surface area contributed by atoms with Gasteiger partial charge in [-0.05, 0) is 17.7 Å². The third kappa shape index (κ3) is 2.81. The van der Waals surface area contributed by atoms with E-state index < -0.39 is 0 Å². The molecule has 0 amide bonds. The van der Waals surface area contributed by atoms with Crippen LogP contribution in [0.2, 0.25) is 5.02 Å². The third-order valence-corrected chi connectivity index (χ3v) is 2.50. The molecule has 18 heavy (non-hydrogen) atoms. The van der Waals surface area contributed by atoms with Crippen molar-refractivity contribution in [2.45, 2.75) is 6.61 Å². The van der Waals surface area contributed by atoms with Crippen LogP contribution in [-0.4, -0.2) is 17.1 Å². The Morgan fingerprint density at radius 3 is 2.78 bits per heavy atom. The summed E-state index contributed by atoms with van der Waals surface area (Å²) in [5.74, 6) is 0.591. The van der Waals surface area contributed by atoms with Crippen LogP contribution in [0.25, 0.3) is 0 Å². The van der Waals surface area contributed by atoms with Crippen molar-refractivity contribution in [2.24, 2.45) is 0 Å². The van der Waals surface area contributed by atoms with Crippen LogP contribution < -0.4 is 15.2 Å². The van der Waals surface area contributed by atoms with E-state index in [0.717, 1.165) is 5.56 Å². The predicted molar refractivity (Wildman–Crippen MR) is 68.8 cm³/mol. The smallest absolute Gasteiger partial charge is 0.244 e. The first-order chi connectivity index (χ1) is 8.70. The number of nitrogen functional groups attached to an aromatic ring is 1. The van der Waals surface area contributed by atoms with Crippen molar-refractivity contribution in [3.05, 3.63) is 41.2 Å². The summed E-state index contributed by atoms with van der Waals surface area (Å²) in [5, 5.41) is 0.657. The zero-order valence-electron chi connectivity index (χ0n) is 9.76. The van der Waals surface area contributed by atoms with E-state index >= 15 is 0 Å². The molecule has 0 radical (unpaired) electrons. The van der Waals surface area contributed by atoms with Gasteiger partial charge in [0, 0.05) is 5.02 Å². The zero-order valence-corrected chi connectivity index (χ0v) is 10.5. The second-order valence-electron chi connectivity index (χ2n) is 3.52. The molecule has 2 rings (SSSR count). The molecule has 0 unspecified atom stereocenters. The number of benzene rings is 1. The highest BCUT2D eigenvalue weighted by atomic mass is 35.5. The molecule has 0 atom stereocenters. The minimum absolute atomic E-state index is 0.280. The fourth-order valence-electron chi connectivity index (χ4n) is 1.42. The van der Waals surface area contributed by atoms with Gasteiger partial charge in [0.2, 0.25) is 11.8 Å². The largest absolute Gasteiger partial charge is 0.479 e. The Morgan fingerprint density at radius 2 is 2.06 bits per heavy atom. The number of rotatable bonds is 4. The molecule has 5 nitrogen and oxygen atoms in total. The summed E-state index contributed by atoms with van der Waals surface area (Å²) in [6.07, 6.45) is 1.34. The van der Waals surface area contributed by atoms with Crippen LogP contribution in [0.1, 0.15) is 5.56 Å². The molecule has 0 spiro atoms. The van der Waals surface area contributed by atoms with Gasteiger partial charge in [-0.3, -0.25) is 0 Å². The van der Waals surface area contributed by atoms with Crippen LogP contribution in [-0.2, 0) is 6.61 Å². The molecule has 0 saturated carbocycles. The number of aromatic nitrogens is 2. The number of hydrogen-bond acceptors (Lipinski definition) is 5. The molecule has 1 heterocycles. The first kappa shape index (κ1) is 12.4. The lowest BCUT2D eigenvalue weighted by atomic mass is 10.2. The van der Waals surface area contributed by atoms with Crippen molar-refractivity contribution < 1.29 is 9.47 Å². The molecule has 1 aromatic heterocycles. The van der Waals surface area contributed by atoms with E-state index in [4.69, 9.17) is 26.8 Å². The van der Waals surface area contributed by atoms with Gasteiger partial charge in [0.05, 0.1) is 7.11 Å². The van der Waals surface area contributed by atoms with Gasteiger partial charge in [-0.15, -0.1) is 0 Å². The maximum atomic E-state index is 5.88. The Hall–Kier alpha value is -2.01. The van der Waals surface area contributed by atoms with Crippen molar-refractivity contribution >= 4 is 17.3 Å². The highest BCUT2D eigenvalue weighted by Crippen LogP contribution is 2.26. The molecule has 0 aliphatic heterocycles. The molecular weight excluding hydrogens is 254 g/mol. The number of hydrogen-bond donors (Lipinski definition) is 1. The van der Waals surface area contributed by atoms with Crippen LogP contribution >= 0.6 is 11.6 Å². The first-order valence-corrected chi connectivity index (χ1v) is 5.60. The van der Waals surface area contributed by atoms with Crippen LogP contribution in [0.5, 0.6) is 11.8 Å². The SMILES string of the molecule is COc1ncnc(OCc2cccc(Cl)c2)c1N. The van der Waals surface area contributed by atoms with Gasteiger partial charge in [-0.25, -0.2) is 0 Å². The molecule has 2 N–H and O–H groups in total. The topological polar surface area (TPSA) is 70.3 Å². The van der Waals surface area contributed by atoms with E-state index in [9.17, 15) is 0 Å². The second kappa shape index (κ2) is 5.55. The maximum Gasteiger partial charge on any atom is 0.244 e. The lowest BCUT2D eigenvalue weighted by Crippen LogP contribution is -2.03. The van der Waals surface area contributed by atoms with E-state index in [1.165, 1.54) is 13.4 Å². The van der Waals surface area contributed by atoms with Crippen LogP contribution in [0, 0.1) is 0 Å². The monoisotopic (exact) mass is 265 g/mol. The summed E-state index contributed by atoms with van der Waals surface area (Å²) in [6.45, 7) is 0.324. The van der Waals surface area contributed by atoms with Crippen molar-refractivity contribution in [1.29, 1.82) is 0 Å². The van der Waals surface area contributed by atoms with Crippen LogP contribution in [0.15, 0.2) is 30.6 Å². The predicted octanol–water partition coefficient (Wildman–Crippen LogP) is 2.30. The molecule has 1 aromatic carbocycles. The second-order valence-corrected chi connectivity index (χ2v) is 3.96. The maximum absolute atomic E-state index is 5.88. The van der Waals surface area contributed by atoms with Crippen molar-refractivity contribution in [1.82, 2.24) is 9.97 Å². The van der Waals surface area contributed by atoms with Crippen molar-refractivity contribution in [3.63, 3.8) is 0 Å². The summed E-state index contributed by atoms with van der Waals surface area (Å²) in [4.78, 5) is 7.82. The molecule has 0 saturated heterocycles. The average Bonchev–Trinajstić information content (AvgIpc) is 2.38. The van der Waals surface area contributed by atoms with E-state index in [0.29, 0.717) is 23.4 Å². The third-order valence-electron chi connectivity index (χ3n) is 2.27. The molecule has 2 aromatic rings. The van der Waals surface area contributed by atoms with E-state index in [2.05, 4.69) is 9.97 Å². The Kier molecular flexibility index (Phi) is 3.84. The Bertz CT molecular complexity index is 549. The Labute approximate surface area is 110 Å². The fraction of sp³-hybridized carbons (Fsp3) is 0.167. The minimum Gasteiger partial charge on any atom is -0.479 e. The summed E-state index contributed by atoms with van der Waals surface area (Å²) >= 11 is 5.88. The minimum atomic E-state index is 0.280. The normalized spacial score (nSPS) is 10.1. The standard InChI is InChI=1S/C12H12ClN3O2/c1-17-11-10(14)12(16-7-15-11)18-6-8-3-2-4-9(13)5-8/h2-5,7H,6,14H2,1H3. The molecule has 6 heteroatoms. The number of ether oxygens (including phenoxy) is 2. The highest BCUT2D eigenvalue weighted by Gasteiger charge is 2.09. The quantitative estimate of drug-likeness (QED) is 0.918. The van der Waals surface area contributed by atoms with Crippen molar-refractivity contribution in [2.75, 3.05) is 12.8 Å². The summed E-state index contributed by atoms with van der Waals surface area (Å²) in [6, 6.07) is 7.37. The van der Waals surface area contributed by atoms with Gasteiger partial charge in [0.15, 0.2) is 5.69 Å². The van der Waals surface area contributed by atoms with Crippen molar-refractivity contribution in [3.8, 4) is 11.8 Å². The van der Waals surface area contributed by atoms with Gasteiger partial charge in [0.25, 0.3) is 0 Å². The molecular formula is C12H12ClN3O2. The highest BCUT2D eigenvalue weighted by molar-refractivity contribution is 6.30. The van der Waals surface area contributed by atoms with E-state index in [-0.39, 0.29) is 5.69 Å². The fourth-order valence-corrected chi connectivity index (χ4v) is 1.63. The zero-order chi connectivity index (χ0) is 13.0. The molecule has 0 fully saturated rings. The number of anilines is 1. The number of nitrogens with zero attached hydrogens (tertiary/aromatic N) is 2. The summed E-state index contributed by atoms with van der Waals surface area (Å²) in [7, 11) is 1.49. The van der Waals surface area contributed by atoms with E-state index in [1.54, 1.807) is 6.07 Å². The van der Waals surface area contributed by atoms with Gasteiger partial charge in [-0.2, -0.15) is 9.97 Å². The Morgan fingerprint density at radius 1 is 1.28 bits per heavy atom. The first-order valence-electron chi connectivity index (χ1n) is 5.22. The van der Waals surface area contributed by atoms with Gasteiger partial charge in [0.1, 0.15) is 12.9 Å². The number of halogens is 1. The number of methoxy groups -OCH3 is 1. The lowest BCUT2D eigenvalue weighted by molar-refractivity contribution is 0.292. The van der Waals surface area contributed by atoms with Crippen LogP contribution in [0.3, 0.4) is 0 Å². The molecule has 94 valence electrons. The Balaban J connectivity index is 2.11. The van der Waals surface area contributed by atoms with Crippen LogP contribution in [0.4, 0.5) is 5.69 Å². The van der Waals surface area contributed by atoms with Gasteiger partial charge >= 0.3 is 0 Å². The molecule has 0 bridgehead atoms. The summed E-state index contributed by atoms with van der Waals surface area (Å²) < 4.78 is 10.5. The lowest BCUT2D eigenvalue weighted by Gasteiger charge is -2.09. The van der Waals surface area contributed by atoms with Gasteiger partial charge < -0.3 is 15.2 Å². The summed E-state index contributed by atoms with van der Waals surface area (Å²) in [5.41, 5.74) is 7.00. The molecule has 0 aliphatic carbocycles. The average molecular weight is 266 g/mol. The number of nitrogens with two attached hydrogens (primary N) is 1.